The summed E-state index contributed by atoms with van der Waals surface area (Å²) in [6.45, 7) is 4.28. The number of aryl methyl sites for hydroxylation is 1. The Hall–Kier alpha value is -1.74. The van der Waals surface area contributed by atoms with Crippen LogP contribution in [-0.4, -0.2) is 43.1 Å². The van der Waals surface area contributed by atoms with Gasteiger partial charge >= 0.3 is 0 Å². The molecule has 0 spiro atoms. The lowest BCUT2D eigenvalue weighted by Crippen LogP contribution is -2.22. The monoisotopic (exact) mass is 444 g/mol. The van der Waals surface area contributed by atoms with Crippen LogP contribution < -0.4 is 5.73 Å². The van der Waals surface area contributed by atoms with Crippen LogP contribution >= 0.6 is 12.4 Å². The van der Waals surface area contributed by atoms with Crippen molar-refractivity contribution in [3.63, 3.8) is 0 Å². The third-order valence-corrected chi connectivity index (χ3v) is 6.47. The largest absolute Gasteiger partial charge is 0.327 e. The standard InChI is InChI=1S/C20H29FN4O2S.ClH/c1-5-19-18(20(6-2)25(23-19)14-16(21)11-12-22)13-15-7-9-17(10-8-15)28(26,27)24(3)4;/h7-11H,5-6,12-14,22H2,1-4H3;1H/b16-11-;. The van der Waals surface area contributed by atoms with Crippen molar-refractivity contribution in [2.24, 2.45) is 5.73 Å². The third-order valence-electron chi connectivity index (χ3n) is 4.64. The molecule has 29 heavy (non-hydrogen) atoms. The Labute approximate surface area is 179 Å². The highest BCUT2D eigenvalue weighted by molar-refractivity contribution is 7.89. The summed E-state index contributed by atoms with van der Waals surface area (Å²) in [5.74, 6) is -0.299. The molecule has 0 aliphatic carbocycles. The van der Waals surface area contributed by atoms with Crippen LogP contribution in [0.15, 0.2) is 41.1 Å². The van der Waals surface area contributed by atoms with Gasteiger partial charge in [-0.25, -0.2) is 17.1 Å². The number of nitrogens with zero attached hydrogens (tertiary/aromatic N) is 3. The molecule has 0 atom stereocenters. The van der Waals surface area contributed by atoms with Gasteiger partial charge in [0.1, 0.15) is 5.83 Å². The van der Waals surface area contributed by atoms with Gasteiger partial charge < -0.3 is 5.73 Å². The average molecular weight is 445 g/mol. The van der Waals surface area contributed by atoms with E-state index in [1.54, 1.807) is 16.8 Å². The second-order valence-corrected chi connectivity index (χ2v) is 8.88. The fourth-order valence-electron chi connectivity index (χ4n) is 3.13. The summed E-state index contributed by atoms with van der Waals surface area (Å²) in [5.41, 5.74) is 9.37. The molecule has 0 fully saturated rings. The molecule has 0 saturated heterocycles. The molecule has 1 aromatic carbocycles. The summed E-state index contributed by atoms with van der Waals surface area (Å²) in [6, 6.07) is 6.88. The molecular weight excluding hydrogens is 415 g/mol. The van der Waals surface area contributed by atoms with Crippen molar-refractivity contribution in [1.29, 1.82) is 0 Å². The predicted octanol–water partition coefficient (Wildman–Crippen LogP) is 3.08. The van der Waals surface area contributed by atoms with E-state index in [1.807, 2.05) is 26.0 Å². The van der Waals surface area contributed by atoms with Gasteiger partial charge in [0.25, 0.3) is 0 Å². The normalized spacial score (nSPS) is 12.3. The number of hydrogen-bond acceptors (Lipinski definition) is 4. The lowest BCUT2D eigenvalue weighted by atomic mass is 10.0. The summed E-state index contributed by atoms with van der Waals surface area (Å²) in [4.78, 5) is 0.261. The Balaban J connectivity index is 0.00000420. The van der Waals surface area contributed by atoms with Crippen molar-refractivity contribution in [3.8, 4) is 0 Å². The SMILES string of the molecule is CCc1nn(C/C(F)=C/CN)c(CC)c1Cc1ccc(S(=O)(=O)N(C)C)cc1.Cl. The van der Waals surface area contributed by atoms with Gasteiger partial charge in [0.15, 0.2) is 0 Å². The zero-order valence-corrected chi connectivity index (χ0v) is 19.0. The number of aromatic nitrogens is 2. The maximum absolute atomic E-state index is 14.0. The van der Waals surface area contributed by atoms with E-state index in [4.69, 9.17) is 5.73 Å². The lowest BCUT2D eigenvalue weighted by molar-refractivity contribution is 0.511. The molecule has 1 heterocycles. The van der Waals surface area contributed by atoms with Crippen LogP contribution in [0.4, 0.5) is 4.39 Å². The van der Waals surface area contributed by atoms with Gasteiger partial charge in [-0.2, -0.15) is 5.10 Å². The molecule has 0 radical (unpaired) electrons. The molecule has 0 unspecified atom stereocenters. The Morgan fingerprint density at radius 3 is 2.31 bits per heavy atom. The van der Waals surface area contributed by atoms with E-state index in [0.717, 1.165) is 35.4 Å². The summed E-state index contributed by atoms with van der Waals surface area (Å²) >= 11 is 0. The van der Waals surface area contributed by atoms with E-state index in [1.165, 1.54) is 24.5 Å². The first-order chi connectivity index (χ1) is 13.2. The summed E-state index contributed by atoms with van der Waals surface area (Å²) < 4.78 is 41.3. The van der Waals surface area contributed by atoms with Crippen molar-refractivity contribution >= 4 is 22.4 Å². The molecule has 0 aliphatic rings. The van der Waals surface area contributed by atoms with Gasteiger partial charge in [-0.1, -0.05) is 26.0 Å². The average Bonchev–Trinajstić information content (AvgIpc) is 2.98. The topological polar surface area (TPSA) is 81.2 Å². The highest BCUT2D eigenvalue weighted by atomic mass is 35.5. The Morgan fingerprint density at radius 2 is 1.83 bits per heavy atom. The highest BCUT2D eigenvalue weighted by Crippen LogP contribution is 2.23. The van der Waals surface area contributed by atoms with Crippen molar-refractivity contribution in [1.82, 2.24) is 14.1 Å². The van der Waals surface area contributed by atoms with Gasteiger partial charge in [-0.05, 0) is 36.6 Å². The highest BCUT2D eigenvalue weighted by Gasteiger charge is 2.19. The minimum absolute atomic E-state index is 0. The smallest absolute Gasteiger partial charge is 0.242 e. The Morgan fingerprint density at radius 1 is 1.21 bits per heavy atom. The number of sulfonamides is 1. The van der Waals surface area contributed by atoms with Gasteiger partial charge in [-0.3, -0.25) is 4.68 Å². The molecule has 0 saturated carbocycles. The van der Waals surface area contributed by atoms with Gasteiger partial charge in [0.2, 0.25) is 10.0 Å². The van der Waals surface area contributed by atoms with Crippen LogP contribution in [0.2, 0.25) is 0 Å². The quantitative estimate of drug-likeness (QED) is 0.644. The summed E-state index contributed by atoms with van der Waals surface area (Å²) in [5, 5.41) is 4.59. The van der Waals surface area contributed by atoms with E-state index in [2.05, 4.69) is 5.10 Å². The molecule has 2 rings (SSSR count). The second kappa shape index (κ2) is 10.9. The molecule has 9 heteroatoms. The molecule has 1 aromatic heterocycles. The van der Waals surface area contributed by atoms with Crippen molar-refractivity contribution in [2.45, 2.75) is 44.6 Å². The van der Waals surface area contributed by atoms with Crippen LogP contribution in [0.3, 0.4) is 0 Å². The lowest BCUT2D eigenvalue weighted by Gasteiger charge is -2.12. The fourth-order valence-corrected chi connectivity index (χ4v) is 4.03. The van der Waals surface area contributed by atoms with Crippen molar-refractivity contribution in [2.75, 3.05) is 20.6 Å². The fraction of sp³-hybridized carbons (Fsp3) is 0.450. The van der Waals surface area contributed by atoms with Crippen LogP contribution in [-0.2, 0) is 35.8 Å². The zero-order valence-electron chi connectivity index (χ0n) is 17.4. The number of rotatable bonds is 9. The minimum atomic E-state index is -3.45. The number of hydrogen-bond donors (Lipinski definition) is 1. The van der Waals surface area contributed by atoms with Gasteiger partial charge in [0.05, 0.1) is 17.1 Å². The zero-order chi connectivity index (χ0) is 20.9. The van der Waals surface area contributed by atoms with Crippen molar-refractivity contribution in [3.05, 3.63) is 58.7 Å². The Bertz CT molecular complexity index is 938. The van der Waals surface area contributed by atoms with Crippen LogP contribution in [0.5, 0.6) is 0 Å². The van der Waals surface area contributed by atoms with E-state index in [0.29, 0.717) is 6.42 Å². The van der Waals surface area contributed by atoms with Gasteiger partial charge in [-0.15, -0.1) is 12.4 Å². The molecule has 6 nitrogen and oxygen atoms in total. The first-order valence-corrected chi connectivity index (χ1v) is 10.8. The maximum atomic E-state index is 14.0. The van der Waals surface area contributed by atoms with E-state index < -0.39 is 10.0 Å². The number of nitrogens with two attached hydrogens (primary N) is 1. The summed E-state index contributed by atoms with van der Waals surface area (Å²) in [6.07, 6.45) is 3.45. The molecule has 0 amide bonds. The van der Waals surface area contributed by atoms with Crippen molar-refractivity contribution < 1.29 is 12.8 Å². The molecular formula is C20H30ClFN4O2S. The van der Waals surface area contributed by atoms with E-state index in [-0.39, 0.29) is 36.2 Å². The number of allylic oxidation sites excluding steroid dienone is 1. The van der Waals surface area contributed by atoms with Gasteiger partial charge in [0, 0.05) is 38.3 Å². The Kier molecular flexibility index (Phi) is 9.48. The predicted molar refractivity (Wildman–Crippen MR) is 117 cm³/mol. The number of benzene rings is 1. The molecule has 0 bridgehead atoms. The second-order valence-electron chi connectivity index (χ2n) is 6.73. The van der Waals surface area contributed by atoms with Crippen LogP contribution in [0.1, 0.15) is 36.4 Å². The first-order valence-electron chi connectivity index (χ1n) is 9.38. The van der Waals surface area contributed by atoms with Crippen LogP contribution in [0.25, 0.3) is 0 Å². The molecule has 2 aromatic rings. The van der Waals surface area contributed by atoms with E-state index >= 15 is 0 Å². The minimum Gasteiger partial charge on any atom is -0.327 e. The third kappa shape index (κ3) is 5.88. The van der Waals surface area contributed by atoms with E-state index in [9.17, 15) is 12.8 Å². The molecule has 162 valence electrons. The molecule has 2 N–H and O–H groups in total. The summed E-state index contributed by atoms with van der Waals surface area (Å²) in [7, 11) is -0.427. The number of halogens is 2. The maximum Gasteiger partial charge on any atom is 0.242 e. The van der Waals surface area contributed by atoms with Crippen LogP contribution in [0, 0.1) is 0 Å². The first kappa shape index (κ1) is 25.3. The molecule has 0 aliphatic heterocycles.